The smallest absolute Gasteiger partial charge is 0.184 e. The molecule has 0 saturated carbocycles. The molecular formula is C26H24N2O5. The zero-order valence-electron chi connectivity index (χ0n) is 17.9. The van der Waals surface area contributed by atoms with E-state index in [1.165, 1.54) is 0 Å². The lowest BCUT2D eigenvalue weighted by Crippen LogP contribution is -2.59. The van der Waals surface area contributed by atoms with E-state index in [2.05, 4.69) is 11.1 Å². The van der Waals surface area contributed by atoms with Gasteiger partial charge in [-0.2, -0.15) is 5.26 Å². The zero-order chi connectivity index (χ0) is 22.6. The number of ether oxygens (including phenoxy) is 4. The van der Waals surface area contributed by atoms with E-state index in [4.69, 9.17) is 18.9 Å². The van der Waals surface area contributed by atoms with Crippen molar-refractivity contribution < 1.29 is 24.1 Å². The third kappa shape index (κ3) is 4.53. The SMILES string of the molecule is N#Cc1cnccc1C[C@H]1OC(c2ccccc2)O[C@H]2[C@H]1OC(c1ccccc1)O[C@@H]2CO. The van der Waals surface area contributed by atoms with Crippen molar-refractivity contribution in [2.75, 3.05) is 6.61 Å². The fourth-order valence-electron chi connectivity index (χ4n) is 4.34. The van der Waals surface area contributed by atoms with Gasteiger partial charge in [0, 0.05) is 29.9 Å². The highest BCUT2D eigenvalue weighted by molar-refractivity contribution is 5.35. The van der Waals surface area contributed by atoms with Crippen molar-refractivity contribution in [3.8, 4) is 6.07 Å². The molecule has 3 heterocycles. The van der Waals surface area contributed by atoms with Crippen LogP contribution in [0.2, 0.25) is 0 Å². The summed E-state index contributed by atoms with van der Waals surface area (Å²) in [5.41, 5.74) is 3.01. The van der Waals surface area contributed by atoms with Gasteiger partial charge < -0.3 is 24.1 Å². The summed E-state index contributed by atoms with van der Waals surface area (Å²) >= 11 is 0. The van der Waals surface area contributed by atoms with Crippen LogP contribution in [0.5, 0.6) is 0 Å². The quantitative estimate of drug-likeness (QED) is 0.644. The van der Waals surface area contributed by atoms with Crippen molar-refractivity contribution in [3.05, 3.63) is 101 Å². The van der Waals surface area contributed by atoms with Crippen LogP contribution in [-0.4, -0.2) is 41.1 Å². The second kappa shape index (κ2) is 9.79. The van der Waals surface area contributed by atoms with E-state index < -0.39 is 37.0 Å². The molecule has 6 atom stereocenters. The van der Waals surface area contributed by atoms with Crippen molar-refractivity contribution in [2.45, 2.75) is 43.4 Å². The van der Waals surface area contributed by atoms with E-state index in [1.54, 1.807) is 12.4 Å². The normalized spacial score (nSPS) is 29.1. The van der Waals surface area contributed by atoms with Crippen LogP contribution in [0.1, 0.15) is 34.8 Å². The van der Waals surface area contributed by atoms with Crippen molar-refractivity contribution in [2.24, 2.45) is 0 Å². The second-order valence-electron chi connectivity index (χ2n) is 8.07. The van der Waals surface area contributed by atoms with Gasteiger partial charge in [0.25, 0.3) is 0 Å². The van der Waals surface area contributed by atoms with Crippen LogP contribution in [-0.2, 0) is 25.4 Å². The Bertz CT molecular complexity index is 1100. The summed E-state index contributed by atoms with van der Waals surface area (Å²) in [6.07, 6.45) is 0.225. The van der Waals surface area contributed by atoms with Crippen LogP contribution >= 0.6 is 0 Å². The number of nitrogens with zero attached hydrogens (tertiary/aromatic N) is 2. The summed E-state index contributed by atoms with van der Waals surface area (Å²) in [5, 5.41) is 19.7. The van der Waals surface area contributed by atoms with Gasteiger partial charge in [-0.3, -0.25) is 4.98 Å². The van der Waals surface area contributed by atoms with E-state index in [-0.39, 0.29) is 6.61 Å². The molecule has 2 aliphatic heterocycles. The molecule has 5 rings (SSSR count). The summed E-state index contributed by atoms with van der Waals surface area (Å²) in [7, 11) is 0. The Balaban J connectivity index is 1.49. The lowest BCUT2D eigenvalue weighted by molar-refractivity contribution is -0.384. The Labute approximate surface area is 192 Å². The molecule has 1 aromatic heterocycles. The van der Waals surface area contributed by atoms with Gasteiger partial charge in [-0.05, 0) is 11.6 Å². The molecule has 3 aromatic rings. The number of hydrogen-bond donors (Lipinski definition) is 1. The van der Waals surface area contributed by atoms with Gasteiger partial charge >= 0.3 is 0 Å². The van der Waals surface area contributed by atoms with E-state index in [0.29, 0.717) is 12.0 Å². The van der Waals surface area contributed by atoms with Gasteiger partial charge in [0.15, 0.2) is 12.6 Å². The highest BCUT2D eigenvalue weighted by Crippen LogP contribution is 2.41. The van der Waals surface area contributed by atoms with Crippen molar-refractivity contribution in [1.82, 2.24) is 4.98 Å². The molecule has 2 unspecified atom stereocenters. The highest BCUT2D eigenvalue weighted by Gasteiger charge is 2.50. The first-order chi connectivity index (χ1) is 16.3. The number of hydrogen-bond acceptors (Lipinski definition) is 7. The van der Waals surface area contributed by atoms with Crippen molar-refractivity contribution in [1.29, 1.82) is 5.26 Å². The van der Waals surface area contributed by atoms with E-state index >= 15 is 0 Å². The average Bonchev–Trinajstić information content (AvgIpc) is 2.89. The minimum atomic E-state index is -0.666. The number of fused-ring (bicyclic) bond motifs is 1. The predicted octanol–water partition coefficient (Wildman–Crippen LogP) is 3.45. The van der Waals surface area contributed by atoms with Crippen LogP contribution in [0.15, 0.2) is 79.1 Å². The summed E-state index contributed by atoms with van der Waals surface area (Å²) < 4.78 is 25.2. The minimum absolute atomic E-state index is 0.221. The maximum absolute atomic E-state index is 10.2. The zero-order valence-corrected chi connectivity index (χ0v) is 17.9. The number of rotatable bonds is 5. The first kappa shape index (κ1) is 21.7. The summed E-state index contributed by atoms with van der Waals surface area (Å²) in [6.45, 7) is -0.221. The molecule has 2 saturated heterocycles. The number of benzene rings is 2. The molecule has 7 nitrogen and oxygen atoms in total. The van der Waals surface area contributed by atoms with Gasteiger partial charge in [0.2, 0.25) is 0 Å². The maximum atomic E-state index is 10.2. The van der Waals surface area contributed by atoms with Crippen LogP contribution < -0.4 is 0 Å². The summed E-state index contributed by atoms with van der Waals surface area (Å²) in [6, 6.07) is 23.2. The van der Waals surface area contributed by atoms with Crippen LogP contribution in [0.25, 0.3) is 0 Å². The molecular weight excluding hydrogens is 420 g/mol. The monoisotopic (exact) mass is 444 g/mol. The molecule has 33 heavy (non-hydrogen) atoms. The maximum Gasteiger partial charge on any atom is 0.184 e. The van der Waals surface area contributed by atoms with Crippen LogP contribution in [0.3, 0.4) is 0 Å². The van der Waals surface area contributed by atoms with Gasteiger partial charge in [0.1, 0.15) is 24.4 Å². The third-order valence-electron chi connectivity index (χ3n) is 5.99. The number of aliphatic hydroxyl groups is 1. The van der Waals surface area contributed by atoms with Gasteiger partial charge in [-0.25, -0.2) is 0 Å². The molecule has 0 spiro atoms. The average molecular weight is 444 g/mol. The predicted molar refractivity (Wildman–Crippen MR) is 118 cm³/mol. The molecule has 0 bridgehead atoms. The second-order valence-corrected chi connectivity index (χ2v) is 8.07. The van der Waals surface area contributed by atoms with E-state index in [9.17, 15) is 10.4 Å². The molecule has 2 aromatic carbocycles. The first-order valence-electron chi connectivity index (χ1n) is 10.9. The highest BCUT2D eigenvalue weighted by atomic mass is 16.8. The molecule has 0 aliphatic carbocycles. The third-order valence-corrected chi connectivity index (χ3v) is 5.99. The number of aliphatic hydroxyl groups excluding tert-OH is 1. The fraction of sp³-hybridized carbons (Fsp3) is 0.308. The summed E-state index contributed by atoms with van der Waals surface area (Å²) in [5.74, 6) is 0. The van der Waals surface area contributed by atoms with Gasteiger partial charge in [-0.15, -0.1) is 0 Å². The van der Waals surface area contributed by atoms with Crippen molar-refractivity contribution in [3.63, 3.8) is 0 Å². The van der Waals surface area contributed by atoms with Crippen LogP contribution in [0, 0.1) is 11.3 Å². The molecule has 168 valence electrons. The van der Waals surface area contributed by atoms with Crippen molar-refractivity contribution >= 4 is 0 Å². The van der Waals surface area contributed by atoms with Gasteiger partial charge in [-0.1, -0.05) is 60.7 Å². The Morgan fingerprint density at radius 2 is 1.36 bits per heavy atom. The first-order valence-corrected chi connectivity index (χ1v) is 10.9. The molecule has 1 N–H and O–H groups in total. The fourth-order valence-corrected chi connectivity index (χ4v) is 4.34. The van der Waals surface area contributed by atoms with Crippen LogP contribution in [0.4, 0.5) is 0 Å². The molecule has 7 heteroatoms. The lowest BCUT2D eigenvalue weighted by Gasteiger charge is -2.49. The van der Waals surface area contributed by atoms with E-state index in [0.717, 1.165) is 16.7 Å². The van der Waals surface area contributed by atoms with E-state index in [1.807, 2.05) is 66.7 Å². The molecule has 2 aliphatic rings. The largest absolute Gasteiger partial charge is 0.394 e. The topological polar surface area (TPSA) is 93.8 Å². The molecule has 0 radical (unpaired) electrons. The Morgan fingerprint density at radius 3 is 1.94 bits per heavy atom. The standard InChI is InChI=1S/C26H24N2O5/c27-14-20-15-28-12-11-19(20)13-21-23-24(33-25(30-21)17-7-3-1-4-8-17)22(16-29)31-26(32-23)18-9-5-2-6-10-18/h1-12,15,21-26,29H,13,16H2/t21-,22-,23+,24-,25?,26?/m1/s1. The minimum Gasteiger partial charge on any atom is -0.394 e. The van der Waals surface area contributed by atoms with Gasteiger partial charge in [0.05, 0.1) is 18.3 Å². The Hall–Kier alpha value is -3.12. The lowest BCUT2D eigenvalue weighted by atomic mass is 9.93. The Kier molecular flexibility index (Phi) is 6.44. The molecule has 2 fully saturated rings. The Morgan fingerprint density at radius 1 is 0.788 bits per heavy atom. The molecule has 0 amide bonds. The number of aromatic nitrogens is 1. The number of nitriles is 1. The summed E-state index contributed by atoms with van der Waals surface area (Å²) in [4.78, 5) is 4.06. The number of pyridine rings is 1.